The van der Waals surface area contributed by atoms with Gasteiger partial charge in [-0.3, -0.25) is 0 Å². The van der Waals surface area contributed by atoms with Gasteiger partial charge in [0.15, 0.2) is 0 Å². The van der Waals surface area contributed by atoms with Crippen LogP contribution in [-0.2, 0) is 17.1 Å². The van der Waals surface area contributed by atoms with E-state index in [-0.39, 0.29) is 34.2 Å². The van der Waals surface area contributed by atoms with Crippen LogP contribution >= 0.6 is 0 Å². The molecule has 5 nitrogen and oxygen atoms in total. The van der Waals surface area contributed by atoms with E-state index in [9.17, 15) is 0 Å². The predicted molar refractivity (Wildman–Crippen MR) is 30.4 cm³/mol. The van der Waals surface area contributed by atoms with E-state index >= 15 is 0 Å². The summed E-state index contributed by atoms with van der Waals surface area (Å²) < 4.78 is 0. The Morgan fingerprint density at radius 3 is 1.00 bits per heavy atom. The van der Waals surface area contributed by atoms with Crippen LogP contribution in [-0.4, -0.2) is 24.0 Å². The Kier molecular flexibility index (Phi) is 275. The van der Waals surface area contributed by atoms with Crippen molar-refractivity contribution in [2.24, 2.45) is 11.5 Å². The van der Waals surface area contributed by atoms with Crippen LogP contribution in [0.5, 0.6) is 0 Å². The van der Waals surface area contributed by atoms with Gasteiger partial charge >= 0.3 is 0 Å². The van der Waals surface area contributed by atoms with Crippen molar-refractivity contribution in [1.29, 1.82) is 0 Å². The van der Waals surface area contributed by atoms with Gasteiger partial charge in [0.2, 0.25) is 0 Å². The maximum atomic E-state index is 4.90. The smallest absolute Gasteiger partial charge is 0.00461 e. The molecule has 0 unspecified atom stereocenters. The van der Waals surface area contributed by atoms with E-state index in [1.807, 2.05) is 0 Å². The zero-order valence-corrected chi connectivity index (χ0v) is 5.73. The molecule has 0 atom stereocenters. The van der Waals surface area contributed by atoms with Gasteiger partial charge in [-0.2, -0.15) is 0 Å². The van der Waals surface area contributed by atoms with Gasteiger partial charge in [-0.05, 0) is 0 Å². The molecule has 0 aromatic heterocycles. The summed E-state index contributed by atoms with van der Waals surface area (Å²) in [6, 6.07) is 0. The summed E-state index contributed by atoms with van der Waals surface area (Å²) >= 11 is 0. The number of nitrogens with two attached hydrogens (primary N) is 2. The van der Waals surface area contributed by atoms with Gasteiger partial charge in [-0.1, -0.05) is 0 Å². The predicted octanol–water partition coefficient (Wildman–Crippen LogP) is -2.59. The zero-order valence-electron chi connectivity index (χ0n) is 4.63. The molecule has 0 aliphatic heterocycles. The molecule has 11 N–H and O–H groups in total. The molecule has 0 rings (SSSR count). The van der Waals surface area contributed by atoms with Crippen LogP contribution in [0.4, 0.5) is 0 Å². The first-order valence-electron chi connectivity index (χ1n) is 1.32. The molecule has 0 heterocycles. The molecular weight excluding hydrogens is 154 g/mol. The first kappa shape index (κ1) is 40.4. The Balaban J connectivity index is -0.00000000750. The van der Waals surface area contributed by atoms with Crippen LogP contribution in [0, 0.1) is 0 Å². The fraction of sp³-hybridized carbons (Fsp3) is 1.00. The average Bonchev–Trinajstić information content (AvgIpc) is 1.37. The average molecular weight is 169 g/mol. The van der Waals surface area contributed by atoms with Gasteiger partial charge in [0, 0.05) is 30.2 Å². The summed E-state index contributed by atoms with van der Waals surface area (Å²) in [5.74, 6) is 0. The topological polar surface area (TPSA) is 150 Å². The molecule has 0 fully saturated rings. The van der Waals surface area contributed by atoms with Gasteiger partial charge in [0.1, 0.15) is 0 Å². The van der Waals surface area contributed by atoms with E-state index in [0.29, 0.717) is 13.1 Å². The number of hydrogen-bond acceptors (Lipinski definition) is 3. The van der Waals surface area contributed by atoms with Crippen molar-refractivity contribution in [3.05, 3.63) is 0 Å². The van der Waals surface area contributed by atoms with Crippen LogP contribution < -0.4 is 17.6 Å². The Morgan fingerprint density at radius 2 is 1.00 bits per heavy atom. The maximum absolute atomic E-state index is 4.90. The zero-order chi connectivity index (χ0) is 3.41. The monoisotopic (exact) mass is 169 g/mol. The molecule has 0 amide bonds. The minimum atomic E-state index is 0. The molecule has 0 aromatic rings. The van der Waals surface area contributed by atoms with Crippen LogP contribution in [0.25, 0.3) is 0 Å². The molecule has 0 radical (unpaired) electrons. The third-order valence-electron chi connectivity index (χ3n) is 0.167. The first-order chi connectivity index (χ1) is 1.91. The molecule has 0 aromatic carbocycles. The van der Waals surface area contributed by atoms with Gasteiger partial charge in [0.25, 0.3) is 0 Å². The molecule has 58 valence electrons. The Labute approximate surface area is 59.5 Å². The largest absolute Gasteiger partial charge is 0.412 e. The van der Waals surface area contributed by atoms with Gasteiger partial charge < -0.3 is 28.6 Å². The molecule has 0 saturated carbocycles. The Hall–Kier alpha value is 0.319. The third-order valence-corrected chi connectivity index (χ3v) is 0.167. The van der Waals surface area contributed by atoms with Crippen LogP contribution in [0.1, 0.15) is 0 Å². The molecule has 0 saturated heterocycles. The molecule has 0 aliphatic carbocycles. The van der Waals surface area contributed by atoms with Crippen LogP contribution in [0.15, 0.2) is 0 Å². The summed E-state index contributed by atoms with van der Waals surface area (Å²) in [7, 11) is 0. The summed E-state index contributed by atoms with van der Waals surface area (Å²) in [5.41, 5.74) is 9.81. The molecular formula is C2H15FeN3O2. The fourth-order valence-corrected chi connectivity index (χ4v) is 0. The summed E-state index contributed by atoms with van der Waals surface area (Å²) in [6.07, 6.45) is 0. The molecule has 6 heteroatoms. The van der Waals surface area contributed by atoms with E-state index in [2.05, 4.69) is 0 Å². The fourth-order valence-electron chi connectivity index (χ4n) is 0. The normalized spacial score (nSPS) is 3.75. The maximum Gasteiger partial charge on any atom is 0.00461 e. The summed E-state index contributed by atoms with van der Waals surface area (Å²) in [5, 5.41) is 0. The standard InChI is InChI=1S/C2H8N2.Fe.H3N.2H2O/c3-1-2-4;;;;/h1-4H2;;1H3;2*1H2. The van der Waals surface area contributed by atoms with Crippen molar-refractivity contribution in [3.8, 4) is 0 Å². The van der Waals surface area contributed by atoms with E-state index in [1.54, 1.807) is 0 Å². The second-order valence-corrected chi connectivity index (χ2v) is 0.577. The van der Waals surface area contributed by atoms with Crippen LogP contribution in [0.3, 0.4) is 0 Å². The molecule has 0 spiro atoms. The second kappa shape index (κ2) is 54.3. The SMILES string of the molecule is N.NCCN.O.O.[Fe]. The van der Waals surface area contributed by atoms with Crippen molar-refractivity contribution in [2.45, 2.75) is 0 Å². The molecule has 0 bridgehead atoms. The van der Waals surface area contributed by atoms with E-state index in [0.717, 1.165) is 0 Å². The van der Waals surface area contributed by atoms with Gasteiger partial charge in [-0.25, -0.2) is 0 Å². The van der Waals surface area contributed by atoms with E-state index < -0.39 is 0 Å². The third kappa shape index (κ3) is 103. The molecule has 8 heavy (non-hydrogen) atoms. The first-order valence-corrected chi connectivity index (χ1v) is 1.32. The van der Waals surface area contributed by atoms with Crippen molar-refractivity contribution >= 4 is 0 Å². The van der Waals surface area contributed by atoms with Crippen molar-refractivity contribution < 1.29 is 28.0 Å². The minimum absolute atomic E-state index is 0. The van der Waals surface area contributed by atoms with Gasteiger partial charge in [0.05, 0.1) is 0 Å². The van der Waals surface area contributed by atoms with Gasteiger partial charge in [-0.15, -0.1) is 0 Å². The Bertz CT molecular complexity index is 17.2. The van der Waals surface area contributed by atoms with E-state index in [1.165, 1.54) is 0 Å². The summed E-state index contributed by atoms with van der Waals surface area (Å²) in [4.78, 5) is 0. The number of rotatable bonds is 1. The molecule has 0 aliphatic rings. The quantitative estimate of drug-likeness (QED) is 0.369. The van der Waals surface area contributed by atoms with Crippen molar-refractivity contribution in [3.63, 3.8) is 0 Å². The van der Waals surface area contributed by atoms with Crippen molar-refractivity contribution in [1.82, 2.24) is 6.15 Å². The van der Waals surface area contributed by atoms with Crippen molar-refractivity contribution in [2.75, 3.05) is 13.1 Å². The Morgan fingerprint density at radius 1 is 0.875 bits per heavy atom. The minimum Gasteiger partial charge on any atom is -0.412 e. The second-order valence-electron chi connectivity index (χ2n) is 0.577. The van der Waals surface area contributed by atoms with E-state index in [4.69, 9.17) is 11.5 Å². The number of hydrogen-bond donors (Lipinski definition) is 3. The van der Waals surface area contributed by atoms with Crippen LogP contribution in [0.2, 0.25) is 0 Å². The summed E-state index contributed by atoms with van der Waals surface area (Å²) in [6.45, 7) is 1.19.